The van der Waals surface area contributed by atoms with Gasteiger partial charge in [0.25, 0.3) is 0 Å². The first-order chi connectivity index (χ1) is 9.32. The number of hydrogen-bond acceptors (Lipinski definition) is 2. The van der Waals surface area contributed by atoms with E-state index in [-0.39, 0.29) is 12.6 Å². The molecule has 1 unspecified atom stereocenters. The zero-order chi connectivity index (χ0) is 14.9. The van der Waals surface area contributed by atoms with Gasteiger partial charge in [-0.05, 0) is 47.5 Å². The highest BCUT2D eigenvalue weighted by Gasteiger charge is 2.42. The second-order valence-electron chi connectivity index (χ2n) is 5.09. The van der Waals surface area contributed by atoms with Crippen molar-refractivity contribution < 1.29 is 19.1 Å². The average Bonchev–Trinajstić information content (AvgIpc) is 2.77. The SMILES string of the molecule is CC1(C(=O)O)CCN(C(=O)Nc2ccc(F)cc2Br)C1. The van der Waals surface area contributed by atoms with Crippen LogP contribution in [0.5, 0.6) is 0 Å². The van der Waals surface area contributed by atoms with E-state index in [0.29, 0.717) is 23.1 Å². The molecule has 2 rings (SSSR count). The Morgan fingerprint density at radius 3 is 2.75 bits per heavy atom. The zero-order valence-corrected chi connectivity index (χ0v) is 12.4. The van der Waals surface area contributed by atoms with Gasteiger partial charge in [-0.15, -0.1) is 0 Å². The third-order valence-corrected chi connectivity index (χ3v) is 4.11. The second-order valence-corrected chi connectivity index (χ2v) is 5.95. The molecule has 0 spiro atoms. The maximum atomic E-state index is 13.0. The average molecular weight is 345 g/mol. The Morgan fingerprint density at radius 1 is 1.50 bits per heavy atom. The number of urea groups is 1. The van der Waals surface area contributed by atoms with Gasteiger partial charge in [0, 0.05) is 17.6 Å². The number of nitrogens with one attached hydrogen (secondary N) is 1. The number of benzene rings is 1. The number of aliphatic carboxylic acids is 1. The third kappa shape index (κ3) is 2.92. The summed E-state index contributed by atoms with van der Waals surface area (Å²) in [5.74, 6) is -1.31. The van der Waals surface area contributed by atoms with Gasteiger partial charge in [0.05, 0.1) is 11.1 Å². The van der Waals surface area contributed by atoms with Gasteiger partial charge >= 0.3 is 12.0 Å². The molecule has 0 saturated carbocycles. The molecule has 1 fully saturated rings. The van der Waals surface area contributed by atoms with E-state index in [9.17, 15) is 14.0 Å². The maximum Gasteiger partial charge on any atom is 0.321 e. The summed E-state index contributed by atoms with van der Waals surface area (Å²) in [6.07, 6.45) is 0.417. The number of nitrogens with zero attached hydrogens (tertiary/aromatic N) is 1. The predicted octanol–water partition coefficient (Wildman–Crippen LogP) is 2.92. The van der Waals surface area contributed by atoms with Crippen LogP contribution >= 0.6 is 15.9 Å². The van der Waals surface area contributed by atoms with Crippen LogP contribution < -0.4 is 5.32 Å². The van der Waals surface area contributed by atoms with Crippen molar-refractivity contribution in [3.05, 3.63) is 28.5 Å². The number of carboxylic acid groups (broad SMARTS) is 1. The Labute approximate surface area is 123 Å². The second kappa shape index (κ2) is 5.40. The predicted molar refractivity (Wildman–Crippen MR) is 75.1 cm³/mol. The standard InChI is InChI=1S/C13H14BrFN2O3/c1-13(11(18)19)4-5-17(7-13)12(20)16-10-3-2-8(15)6-9(10)14/h2-3,6H,4-5,7H2,1H3,(H,16,20)(H,18,19). The normalized spacial score (nSPS) is 21.9. The fourth-order valence-corrected chi connectivity index (χ4v) is 2.54. The molecule has 1 atom stereocenters. The Morgan fingerprint density at radius 2 is 2.20 bits per heavy atom. The lowest BCUT2D eigenvalue weighted by atomic mass is 9.90. The monoisotopic (exact) mass is 344 g/mol. The largest absolute Gasteiger partial charge is 0.481 e. The fraction of sp³-hybridized carbons (Fsp3) is 0.385. The number of carbonyl (C=O) groups is 2. The number of carboxylic acids is 1. The van der Waals surface area contributed by atoms with Crippen molar-refractivity contribution in [2.45, 2.75) is 13.3 Å². The van der Waals surface area contributed by atoms with Crippen molar-refractivity contribution in [2.75, 3.05) is 18.4 Å². The van der Waals surface area contributed by atoms with Gasteiger partial charge in [-0.1, -0.05) is 0 Å². The van der Waals surface area contributed by atoms with Gasteiger partial charge in [0.15, 0.2) is 0 Å². The number of carbonyl (C=O) groups excluding carboxylic acids is 1. The zero-order valence-electron chi connectivity index (χ0n) is 10.8. The smallest absolute Gasteiger partial charge is 0.321 e. The van der Waals surface area contributed by atoms with Crippen LogP contribution in [0.2, 0.25) is 0 Å². The van der Waals surface area contributed by atoms with Crippen molar-refractivity contribution in [3.63, 3.8) is 0 Å². The highest BCUT2D eigenvalue weighted by Crippen LogP contribution is 2.31. The molecule has 0 aliphatic carbocycles. The molecule has 20 heavy (non-hydrogen) atoms. The lowest BCUT2D eigenvalue weighted by Crippen LogP contribution is -2.37. The van der Waals surface area contributed by atoms with Crippen LogP contribution in [0.25, 0.3) is 0 Å². The molecule has 1 aromatic carbocycles. The molecule has 108 valence electrons. The molecule has 1 heterocycles. The van der Waals surface area contributed by atoms with E-state index in [2.05, 4.69) is 21.2 Å². The van der Waals surface area contributed by atoms with E-state index in [4.69, 9.17) is 5.11 Å². The van der Waals surface area contributed by atoms with Gasteiger partial charge in [-0.3, -0.25) is 4.79 Å². The van der Waals surface area contributed by atoms with E-state index in [1.54, 1.807) is 6.92 Å². The summed E-state index contributed by atoms with van der Waals surface area (Å²) in [6, 6.07) is 3.55. The van der Waals surface area contributed by atoms with Gasteiger partial charge < -0.3 is 15.3 Å². The quantitative estimate of drug-likeness (QED) is 0.866. The van der Waals surface area contributed by atoms with Crippen molar-refractivity contribution in [2.24, 2.45) is 5.41 Å². The lowest BCUT2D eigenvalue weighted by molar-refractivity contribution is -0.146. The molecule has 0 radical (unpaired) electrons. The van der Waals surface area contributed by atoms with Crippen LogP contribution in [0.1, 0.15) is 13.3 Å². The molecule has 2 amide bonds. The van der Waals surface area contributed by atoms with Crippen LogP contribution in [-0.2, 0) is 4.79 Å². The van der Waals surface area contributed by atoms with E-state index in [0.717, 1.165) is 0 Å². The first-order valence-electron chi connectivity index (χ1n) is 6.06. The highest BCUT2D eigenvalue weighted by atomic mass is 79.9. The maximum absolute atomic E-state index is 13.0. The summed E-state index contributed by atoms with van der Waals surface area (Å²) >= 11 is 3.16. The molecule has 5 nitrogen and oxygen atoms in total. The van der Waals surface area contributed by atoms with Gasteiger partial charge in [-0.25, -0.2) is 9.18 Å². The molecular weight excluding hydrogens is 331 g/mol. The van der Waals surface area contributed by atoms with Crippen LogP contribution in [0, 0.1) is 11.2 Å². The third-order valence-electron chi connectivity index (χ3n) is 3.45. The van der Waals surface area contributed by atoms with Crippen LogP contribution in [-0.4, -0.2) is 35.1 Å². The van der Waals surface area contributed by atoms with Crippen molar-refractivity contribution >= 4 is 33.6 Å². The van der Waals surface area contributed by atoms with Gasteiger partial charge in [0.1, 0.15) is 5.82 Å². The van der Waals surface area contributed by atoms with Crippen LogP contribution in [0.4, 0.5) is 14.9 Å². The summed E-state index contributed by atoms with van der Waals surface area (Å²) in [7, 11) is 0. The molecule has 1 aromatic rings. The van der Waals surface area contributed by atoms with E-state index in [1.165, 1.54) is 23.1 Å². The summed E-state index contributed by atoms with van der Waals surface area (Å²) < 4.78 is 13.4. The molecule has 1 aliphatic heterocycles. The fourth-order valence-electron chi connectivity index (χ4n) is 2.09. The molecule has 1 aliphatic rings. The summed E-state index contributed by atoms with van der Waals surface area (Å²) in [5.41, 5.74) is -0.461. The summed E-state index contributed by atoms with van der Waals surface area (Å²) in [6.45, 7) is 2.16. The molecule has 7 heteroatoms. The number of anilines is 1. The van der Waals surface area contributed by atoms with Gasteiger partial charge in [-0.2, -0.15) is 0 Å². The van der Waals surface area contributed by atoms with E-state index in [1.807, 2.05) is 0 Å². The number of likely N-dealkylation sites (tertiary alicyclic amines) is 1. The van der Waals surface area contributed by atoms with Crippen molar-refractivity contribution in [3.8, 4) is 0 Å². The number of halogens is 2. The Hall–Kier alpha value is -1.63. The first-order valence-corrected chi connectivity index (χ1v) is 6.85. The van der Waals surface area contributed by atoms with Crippen LogP contribution in [0.15, 0.2) is 22.7 Å². The summed E-state index contributed by atoms with van der Waals surface area (Å²) in [4.78, 5) is 24.7. The van der Waals surface area contributed by atoms with Crippen molar-refractivity contribution in [1.82, 2.24) is 4.90 Å². The topological polar surface area (TPSA) is 69.6 Å². The highest BCUT2D eigenvalue weighted by molar-refractivity contribution is 9.10. The molecule has 1 saturated heterocycles. The Balaban J connectivity index is 2.05. The molecule has 0 bridgehead atoms. The molecule has 0 aromatic heterocycles. The minimum absolute atomic E-state index is 0.160. The van der Waals surface area contributed by atoms with Crippen LogP contribution in [0.3, 0.4) is 0 Å². The van der Waals surface area contributed by atoms with Crippen molar-refractivity contribution in [1.29, 1.82) is 0 Å². The molecule has 2 N–H and O–H groups in total. The van der Waals surface area contributed by atoms with Gasteiger partial charge in [0.2, 0.25) is 0 Å². The summed E-state index contributed by atoms with van der Waals surface area (Å²) in [5, 5.41) is 11.8. The number of amides is 2. The minimum atomic E-state index is -0.907. The van der Waals surface area contributed by atoms with E-state index >= 15 is 0 Å². The lowest BCUT2D eigenvalue weighted by Gasteiger charge is -2.20. The Kier molecular flexibility index (Phi) is 3.99. The first kappa shape index (κ1) is 14.8. The van der Waals surface area contributed by atoms with E-state index < -0.39 is 17.2 Å². The number of rotatable bonds is 2. The minimum Gasteiger partial charge on any atom is -0.481 e. The Bertz CT molecular complexity index is 567. The number of hydrogen-bond donors (Lipinski definition) is 2. The molecular formula is C13H14BrFN2O3.